The van der Waals surface area contributed by atoms with E-state index in [1.165, 1.54) is 7.11 Å². The predicted octanol–water partition coefficient (Wildman–Crippen LogP) is 2.07. The predicted molar refractivity (Wildman–Crippen MR) is 113 cm³/mol. The Morgan fingerprint density at radius 2 is 1.90 bits per heavy atom. The first-order valence-corrected chi connectivity index (χ1v) is 10.0. The number of piperidine rings is 1. The average molecular weight is 412 g/mol. The van der Waals surface area contributed by atoms with Gasteiger partial charge in [0.2, 0.25) is 0 Å². The van der Waals surface area contributed by atoms with Gasteiger partial charge in [0.1, 0.15) is 11.5 Å². The van der Waals surface area contributed by atoms with Gasteiger partial charge in [-0.1, -0.05) is 6.07 Å². The van der Waals surface area contributed by atoms with Gasteiger partial charge < -0.3 is 20.1 Å². The molecule has 0 spiro atoms. The molecule has 2 N–H and O–H groups in total. The monoisotopic (exact) mass is 412 g/mol. The second-order valence-electron chi connectivity index (χ2n) is 7.27. The molecule has 1 aromatic heterocycles. The van der Waals surface area contributed by atoms with Crippen LogP contribution in [0, 0.1) is 5.92 Å². The number of likely N-dealkylation sites (tertiary alicyclic amines) is 1. The third-order valence-corrected chi connectivity index (χ3v) is 5.23. The SMILES string of the molecule is COc1ccc(NC(=O)C(=O)NCC2CCN(Cc3ccccn3)CC2)c(OC)c1. The molecule has 0 atom stereocenters. The molecular weight excluding hydrogens is 384 g/mol. The number of pyridine rings is 1. The van der Waals surface area contributed by atoms with Crippen molar-refractivity contribution >= 4 is 17.5 Å². The van der Waals surface area contributed by atoms with Gasteiger partial charge in [-0.2, -0.15) is 0 Å². The first kappa shape index (κ1) is 21.6. The summed E-state index contributed by atoms with van der Waals surface area (Å²) in [6.45, 7) is 3.23. The Morgan fingerprint density at radius 1 is 1.10 bits per heavy atom. The maximum Gasteiger partial charge on any atom is 0.313 e. The molecule has 1 saturated heterocycles. The van der Waals surface area contributed by atoms with Crippen LogP contribution in [0.1, 0.15) is 18.5 Å². The summed E-state index contributed by atoms with van der Waals surface area (Å²) in [5.41, 5.74) is 1.48. The minimum Gasteiger partial charge on any atom is -0.497 e. The molecule has 1 aromatic carbocycles. The number of hydrogen-bond donors (Lipinski definition) is 2. The van der Waals surface area contributed by atoms with Crippen LogP contribution in [-0.2, 0) is 16.1 Å². The number of rotatable bonds is 7. The van der Waals surface area contributed by atoms with Gasteiger partial charge in [0.05, 0.1) is 25.6 Å². The van der Waals surface area contributed by atoms with Crippen LogP contribution >= 0.6 is 0 Å². The van der Waals surface area contributed by atoms with Gasteiger partial charge >= 0.3 is 11.8 Å². The Bertz CT molecular complexity index is 851. The summed E-state index contributed by atoms with van der Waals surface area (Å²) < 4.78 is 10.4. The quantitative estimate of drug-likeness (QED) is 0.677. The summed E-state index contributed by atoms with van der Waals surface area (Å²) >= 11 is 0. The Labute approximate surface area is 176 Å². The van der Waals surface area contributed by atoms with Crippen molar-refractivity contribution in [2.75, 3.05) is 39.2 Å². The van der Waals surface area contributed by atoms with Crippen molar-refractivity contribution < 1.29 is 19.1 Å². The fourth-order valence-electron chi connectivity index (χ4n) is 3.47. The molecule has 8 nitrogen and oxygen atoms in total. The van der Waals surface area contributed by atoms with Crippen molar-refractivity contribution in [1.82, 2.24) is 15.2 Å². The van der Waals surface area contributed by atoms with Crippen molar-refractivity contribution in [3.63, 3.8) is 0 Å². The maximum atomic E-state index is 12.2. The molecule has 1 fully saturated rings. The van der Waals surface area contributed by atoms with Gasteiger partial charge in [-0.25, -0.2) is 0 Å². The number of methoxy groups -OCH3 is 2. The highest BCUT2D eigenvalue weighted by atomic mass is 16.5. The molecule has 30 heavy (non-hydrogen) atoms. The van der Waals surface area contributed by atoms with Gasteiger partial charge in [0.25, 0.3) is 0 Å². The third kappa shape index (κ3) is 5.93. The maximum absolute atomic E-state index is 12.2. The van der Waals surface area contributed by atoms with Gasteiger partial charge in [-0.15, -0.1) is 0 Å². The molecule has 2 amide bonds. The van der Waals surface area contributed by atoms with Crippen molar-refractivity contribution in [3.05, 3.63) is 48.3 Å². The van der Waals surface area contributed by atoms with Gasteiger partial charge in [0, 0.05) is 25.4 Å². The van der Waals surface area contributed by atoms with Crippen LogP contribution in [0.2, 0.25) is 0 Å². The molecule has 2 heterocycles. The fourth-order valence-corrected chi connectivity index (χ4v) is 3.47. The number of carbonyl (C=O) groups is 2. The number of nitrogens with one attached hydrogen (secondary N) is 2. The lowest BCUT2D eigenvalue weighted by Crippen LogP contribution is -2.41. The lowest BCUT2D eigenvalue weighted by Gasteiger charge is -2.31. The summed E-state index contributed by atoms with van der Waals surface area (Å²) in [6.07, 6.45) is 3.76. The Kier molecular flexibility index (Phi) is 7.62. The standard InChI is InChI=1S/C22H28N4O4/c1-29-18-6-7-19(20(13-18)30-2)25-22(28)21(27)24-14-16-8-11-26(12-9-16)15-17-5-3-4-10-23-17/h3-7,10,13,16H,8-9,11-12,14-15H2,1-2H3,(H,24,27)(H,25,28). The number of benzene rings is 1. The first-order valence-electron chi connectivity index (χ1n) is 10.0. The molecule has 0 radical (unpaired) electrons. The minimum atomic E-state index is -0.717. The van der Waals surface area contributed by atoms with E-state index in [0.29, 0.717) is 29.6 Å². The Hall–Kier alpha value is -3.13. The fraction of sp³-hybridized carbons (Fsp3) is 0.409. The van der Waals surface area contributed by atoms with E-state index in [4.69, 9.17) is 9.47 Å². The van der Waals surface area contributed by atoms with Crippen LogP contribution in [0.5, 0.6) is 11.5 Å². The summed E-state index contributed by atoms with van der Waals surface area (Å²) in [7, 11) is 3.04. The van der Waals surface area contributed by atoms with Crippen LogP contribution in [0.25, 0.3) is 0 Å². The van der Waals surface area contributed by atoms with Crippen LogP contribution in [-0.4, -0.2) is 55.6 Å². The van der Waals surface area contributed by atoms with E-state index in [0.717, 1.165) is 38.2 Å². The highest BCUT2D eigenvalue weighted by Crippen LogP contribution is 2.28. The number of anilines is 1. The summed E-state index contributed by atoms with van der Waals surface area (Å²) in [4.78, 5) is 31.2. The summed E-state index contributed by atoms with van der Waals surface area (Å²) in [5, 5.41) is 5.34. The zero-order valence-corrected chi connectivity index (χ0v) is 17.4. The molecule has 8 heteroatoms. The highest BCUT2D eigenvalue weighted by molar-refractivity contribution is 6.39. The number of amides is 2. The van der Waals surface area contributed by atoms with E-state index in [1.807, 2.05) is 24.4 Å². The molecule has 0 bridgehead atoms. The van der Waals surface area contributed by atoms with Gasteiger partial charge in [-0.05, 0) is 56.1 Å². The second kappa shape index (κ2) is 10.6. The van der Waals surface area contributed by atoms with Crippen LogP contribution < -0.4 is 20.1 Å². The first-order chi connectivity index (χ1) is 14.6. The number of hydrogen-bond acceptors (Lipinski definition) is 6. The van der Waals surface area contributed by atoms with E-state index in [2.05, 4.69) is 20.5 Å². The molecule has 0 unspecified atom stereocenters. The van der Waals surface area contributed by atoms with Crippen LogP contribution in [0.4, 0.5) is 5.69 Å². The molecule has 2 aromatic rings. The van der Waals surface area contributed by atoms with E-state index in [-0.39, 0.29) is 0 Å². The molecule has 0 aliphatic carbocycles. The van der Waals surface area contributed by atoms with Gasteiger partial charge in [-0.3, -0.25) is 19.5 Å². The molecule has 0 saturated carbocycles. The summed E-state index contributed by atoms with van der Waals surface area (Å²) in [6, 6.07) is 10.9. The summed E-state index contributed by atoms with van der Waals surface area (Å²) in [5.74, 6) is 0.0200. The van der Waals surface area contributed by atoms with E-state index in [9.17, 15) is 9.59 Å². The van der Waals surface area contributed by atoms with Crippen molar-refractivity contribution in [3.8, 4) is 11.5 Å². The molecule has 3 rings (SSSR count). The number of ether oxygens (including phenoxy) is 2. The Morgan fingerprint density at radius 3 is 2.57 bits per heavy atom. The molecule has 1 aliphatic rings. The highest BCUT2D eigenvalue weighted by Gasteiger charge is 2.22. The molecular formula is C22H28N4O4. The zero-order chi connectivity index (χ0) is 21.3. The molecule has 1 aliphatic heterocycles. The number of aromatic nitrogens is 1. The average Bonchev–Trinajstić information content (AvgIpc) is 2.79. The van der Waals surface area contributed by atoms with E-state index < -0.39 is 11.8 Å². The van der Waals surface area contributed by atoms with Crippen molar-refractivity contribution in [2.45, 2.75) is 19.4 Å². The Balaban J connectivity index is 1.42. The van der Waals surface area contributed by atoms with E-state index in [1.54, 1.807) is 25.3 Å². The minimum absolute atomic E-state index is 0.359. The van der Waals surface area contributed by atoms with Gasteiger partial charge in [0.15, 0.2) is 0 Å². The topological polar surface area (TPSA) is 92.8 Å². The number of carbonyl (C=O) groups excluding carboxylic acids is 2. The van der Waals surface area contributed by atoms with Crippen molar-refractivity contribution in [1.29, 1.82) is 0 Å². The zero-order valence-electron chi connectivity index (χ0n) is 17.4. The van der Waals surface area contributed by atoms with Crippen LogP contribution in [0.15, 0.2) is 42.6 Å². The lowest BCUT2D eigenvalue weighted by molar-refractivity contribution is -0.136. The smallest absolute Gasteiger partial charge is 0.313 e. The van der Waals surface area contributed by atoms with Crippen molar-refractivity contribution in [2.24, 2.45) is 5.92 Å². The lowest BCUT2D eigenvalue weighted by atomic mass is 9.96. The normalized spacial score (nSPS) is 14.7. The van der Waals surface area contributed by atoms with E-state index >= 15 is 0 Å². The third-order valence-electron chi connectivity index (χ3n) is 5.23. The largest absolute Gasteiger partial charge is 0.497 e. The van der Waals surface area contributed by atoms with Crippen LogP contribution in [0.3, 0.4) is 0 Å². The second-order valence-corrected chi connectivity index (χ2v) is 7.27. The number of nitrogens with zero attached hydrogens (tertiary/aromatic N) is 2. The molecule has 160 valence electrons.